The Morgan fingerprint density at radius 3 is 1.05 bits per heavy atom. The second-order valence-electron chi connectivity index (χ2n) is 14.9. The highest BCUT2D eigenvalue weighted by Crippen LogP contribution is 2.11. The van der Waals surface area contributed by atoms with Gasteiger partial charge in [-0.3, -0.25) is 52.7 Å². The molecular weight excluding hydrogens is 1060 g/mol. The Morgan fingerprint density at radius 1 is 0.480 bits per heavy atom. The van der Waals surface area contributed by atoms with Crippen molar-refractivity contribution in [2.24, 2.45) is 17.2 Å². The molecule has 34 heteroatoms. The summed E-state index contributed by atoms with van der Waals surface area (Å²) >= 11 is 2.41. The second-order valence-corrected chi connectivity index (χ2v) is 18.1. The van der Waals surface area contributed by atoms with Gasteiger partial charge in [0.05, 0.1) is 26.2 Å². The van der Waals surface area contributed by atoms with Gasteiger partial charge in [0.1, 0.15) is 53.6 Å². The fourth-order valence-corrected chi connectivity index (χ4v) is 6.38. The molecule has 0 aromatic heterocycles. The number of carbonyl (C=O) groups excluding carboxylic acids is 12. The van der Waals surface area contributed by atoms with Gasteiger partial charge in [-0.05, 0) is 45.9 Å². The Balaban J connectivity index is -0.000000502. The van der Waals surface area contributed by atoms with E-state index < -0.39 is 95.3 Å². The number of aliphatic carboxylic acids is 3. The van der Waals surface area contributed by atoms with Crippen molar-refractivity contribution in [1.29, 1.82) is 0 Å². The number of nitrogens with one attached hydrogen (secondary N) is 9. The molecule has 0 aromatic rings. The monoisotopic (exact) mass is 1130 g/mol. The van der Waals surface area contributed by atoms with Gasteiger partial charge >= 0.3 is 41.3 Å². The van der Waals surface area contributed by atoms with Crippen LogP contribution in [0.2, 0.25) is 0 Å². The number of amides is 9. The van der Waals surface area contributed by atoms with Gasteiger partial charge in [-0.25, -0.2) is 19.2 Å². The zero-order chi connectivity index (χ0) is 57.5. The third-order valence-corrected chi connectivity index (χ3v) is 10.8. The van der Waals surface area contributed by atoms with Crippen LogP contribution in [0.3, 0.4) is 0 Å². The molecule has 0 unspecified atom stereocenters. The van der Waals surface area contributed by atoms with Crippen LogP contribution in [0.25, 0.3) is 0 Å². The van der Waals surface area contributed by atoms with Crippen LogP contribution in [0.1, 0.15) is 68.2 Å². The molecule has 0 aromatic carbocycles. The predicted molar refractivity (Wildman–Crippen MR) is 275 cm³/mol. The molecule has 0 heterocycles. The van der Waals surface area contributed by atoms with E-state index in [0.717, 1.165) is 36.4 Å². The zero-order valence-electron chi connectivity index (χ0n) is 41.5. The highest BCUT2D eigenvalue weighted by Gasteiger charge is 2.26. The van der Waals surface area contributed by atoms with Crippen molar-refractivity contribution in [1.82, 2.24) is 47.9 Å². The summed E-state index contributed by atoms with van der Waals surface area (Å²) in [5, 5.41) is 45.5. The summed E-state index contributed by atoms with van der Waals surface area (Å²) in [6.07, 6.45) is 1.95. The van der Waals surface area contributed by atoms with E-state index in [1.54, 1.807) is 6.92 Å². The van der Waals surface area contributed by atoms with Crippen molar-refractivity contribution in [3.05, 3.63) is 0 Å². The SMILES string of the molecule is C.CC(=O)CNC(=O)[C@H](CSC(C)=O)NC(=O)NC[C@H](N)C(=O)O.CCCCC(=O)SC[C@H](NC(=O)NC[C@H](N)C(=O)O)C(=O)NCC(C)=O.CCOC(=O)SC[C@H](NC(=O)NC[C@H](N)C(=O)O)C(=O)NCC(C)=O. The number of nitrogens with two attached hydrogens (primary N) is 3. The number of carboxylic acid groups (broad SMARTS) is 3. The Hall–Kier alpha value is -6.62. The molecule has 0 bridgehead atoms. The summed E-state index contributed by atoms with van der Waals surface area (Å²) in [7, 11) is 0. The van der Waals surface area contributed by atoms with Crippen molar-refractivity contribution in [3.8, 4) is 0 Å². The van der Waals surface area contributed by atoms with Crippen LogP contribution < -0.4 is 65.1 Å². The Morgan fingerprint density at radius 2 is 0.787 bits per heavy atom. The molecule has 0 aliphatic heterocycles. The first-order valence-corrected chi connectivity index (χ1v) is 24.9. The van der Waals surface area contributed by atoms with Crippen LogP contribution in [0.4, 0.5) is 19.2 Å². The lowest BCUT2D eigenvalue weighted by atomic mass is 10.3. The van der Waals surface area contributed by atoms with E-state index in [-0.39, 0.29) is 98.1 Å². The second kappa shape index (κ2) is 43.7. The Kier molecular flexibility index (Phi) is 43.7. The number of urea groups is 3. The minimum Gasteiger partial charge on any atom is -0.480 e. The van der Waals surface area contributed by atoms with Crippen molar-refractivity contribution >= 4 is 122 Å². The molecule has 75 heavy (non-hydrogen) atoms. The third-order valence-electron chi connectivity index (χ3n) is 8.03. The Labute approximate surface area is 445 Å². The summed E-state index contributed by atoms with van der Waals surface area (Å²) in [4.78, 5) is 170. The normalized spacial score (nSPS) is 12.4. The lowest BCUT2D eigenvalue weighted by molar-refractivity contribution is -0.139. The smallest absolute Gasteiger partial charge is 0.367 e. The summed E-state index contributed by atoms with van der Waals surface area (Å²) in [5.41, 5.74) is 15.7. The van der Waals surface area contributed by atoms with E-state index in [2.05, 4.69) is 47.9 Å². The van der Waals surface area contributed by atoms with Crippen molar-refractivity contribution in [2.75, 3.05) is 63.1 Å². The summed E-state index contributed by atoms with van der Waals surface area (Å²) in [6.45, 7) is 7.25. The number of rotatable bonds is 31. The zero-order valence-corrected chi connectivity index (χ0v) is 43.9. The number of hydrogen-bond donors (Lipinski definition) is 15. The molecule has 0 aliphatic rings. The van der Waals surface area contributed by atoms with Gasteiger partial charge in [0.2, 0.25) is 17.7 Å². The molecule has 0 spiro atoms. The van der Waals surface area contributed by atoms with Gasteiger partial charge in [0.25, 0.3) is 0 Å². The van der Waals surface area contributed by atoms with Crippen molar-refractivity contribution in [3.63, 3.8) is 0 Å². The highest BCUT2D eigenvalue weighted by atomic mass is 32.2. The minimum absolute atomic E-state index is 0. The van der Waals surface area contributed by atoms with Gasteiger partial charge in [0, 0.05) is 50.2 Å². The van der Waals surface area contributed by atoms with Crippen LogP contribution in [0.15, 0.2) is 0 Å². The van der Waals surface area contributed by atoms with Gasteiger partial charge < -0.3 is 85.1 Å². The topological polar surface area (TPSA) is 512 Å². The van der Waals surface area contributed by atoms with E-state index in [0.29, 0.717) is 18.2 Å². The molecule has 31 nitrogen and oxygen atoms in total. The van der Waals surface area contributed by atoms with Gasteiger partial charge in [0.15, 0.2) is 10.2 Å². The van der Waals surface area contributed by atoms with Gasteiger partial charge in [-0.1, -0.05) is 44.3 Å². The molecule has 18 N–H and O–H groups in total. The molecule has 0 rings (SSSR count). The molecule has 428 valence electrons. The number of ether oxygens (including phenoxy) is 1. The third kappa shape index (κ3) is 43.5. The largest absolute Gasteiger partial charge is 0.480 e. The van der Waals surface area contributed by atoms with Gasteiger partial charge in [-0.15, -0.1) is 0 Å². The summed E-state index contributed by atoms with van der Waals surface area (Å²) in [5.74, 6) is -6.79. The first-order chi connectivity index (χ1) is 34.5. The Bertz CT molecular complexity index is 1950. The maximum Gasteiger partial charge on any atom is 0.367 e. The quantitative estimate of drug-likeness (QED) is 0.0300. The van der Waals surface area contributed by atoms with E-state index >= 15 is 0 Å². The minimum atomic E-state index is -1.30. The molecule has 0 saturated carbocycles. The van der Waals surface area contributed by atoms with E-state index in [9.17, 15) is 71.9 Å². The predicted octanol–water partition coefficient (Wildman–Crippen LogP) is -3.43. The summed E-state index contributed by atoms with van der Waals surface area (Å²) in [6, 6.07) is -9.59. The number of thioether (sulfide) groups is 3. The maximum atomic E-state index is 12.1. The molecule has 0 fully saturated rings. The lowest BCUT2D eigenvalue weighted by Crippen LogP contribution is -2.54. The van der Waals surface area contributed by atoms with E-state index in [1.165, 1.54) is 27.7 Å². The van der Waals surface area contributed by atoms with Crippen LogP contribution in [-0.2, 0) is 57.5 Å². The fraction of sp³-hybridized carbons (Fsp3) is 0.634. The maximum absolute atomic E-state index is 12.1. The number of carbonyl (C=O) groups is 15. The van der Waals surface area contributed by atoms with Crippen LogP contribution >= 0.6 is 35.3 Å². The fourth-order valence-electron chi connectivity index (χ4n) is 4.13. The lowest BCUT2D eigenvalue weighted by Gasteiger charge is -2.18. The number of Topliss-reactive ketones (excluding diaryl/α,β-unsaturated/α-hetero) is 3. The van der Waals surface area contributed by atoms with Crippen LogP contribution in [-0.4, -0.2) is 201 Å². The molecule has 0 radical (unpaired) electrons. The van der Waals surface area contributed by atoms with Crippen molar-refractivity contribution < 1.29 is 92.0 Å². The first-order valence-electron chi connectivity index (χ1n) is 22.0. The van der Waals surface area contributed by atoms with Crippen molar-refractivity contribution in [2.45, 2.75) is 104 Å². The van der Waals surface area contributed by atoms with E-state index in [1.807, 2.05) is 6.92 Å². The number of hydrogen-bond acceptors (Lipinski definition) is 22. The molecule has 0 aliphatic carbocycles. The van der Waals surface area contributed by atoms with Crippen LogP contribution in [0, 0.1) is 0 Å². The number of carboxylic acids is 3. The molecular formula is C41H72N12O19S3. The number of ketones is 3. The molecule has 9 amide bonds. The standard InChI is InChI=1S/C15H26N4O6S.C13H22N4O7S.C12H20N4O6S.CH4/c1-3-4-5-12(21)26-8-11(13(22)17-6-9(2)20)19-15(25)18-7-10(16)14(23)24;1-3-24-13(23)25-6-9(10(19)15-4-7(2)18)17-12(22)16-5-8(14)11(20)21;1-6(17)3-14-10(19)9(5-23-7(2)18)16-12(22)15-4-8(13)11(20)21;/h10-11H,3-8,16H2,1-2H3,(H,17,22)(H,23,24)(H2,18,19,25);8-9H,3-6,14H2,1-2H3,(H,15,19)(H,20,21)(H2,16,17,22);8-9H,3-5,13H2,1-2H3,(H,14,19)(H,20,21)(H2,15,16,22);1H4/t10-,11-;2*8-,9-;/m000./s1. The van der Waals surface area contributed by atoms with Crippen LogP contribution in [0.5, 0.6) is 0 Å². The molecule has 0 saturated heterocycles. The average molecular weight is 1130 g/mol. The number of unbranched alkanes of at least 4 members (excludes halogenated alkanes) is 1. The molecule has 6 atom stereocenters. The highest BCUT2D eigenvalue weighted by molar-refractivity contribution is 8.14. The average Bonchev–Trinajstić information content (AvgIpc) is 3.32. The van der Waals surface area contributed by atoms with E-state index in [4.69, 9.17) is 37.3 Å². The first kappa shape index (κ1) is 74.9. The van der Waals surface area contributed by atoms with Gasteiger partial charge in [-0.2, -0.15) is 0 Å². The summed E-state index contributed by atoms with van der Waals surface area (Å²) < 4.78 is 4.71.